The maximum Gasteiger partial charge on any atom is 0.246 e. The summed E-state index contributed by atoms with van der Waals surface area (Å²) in [4.78, 5) is 36.8. The van der Waals surface area contributed by atoms with Crippen molar-refractivity contribution in [1.82, 2.24) is 9.97 Å². The summed E-state index contributed by atoms with van der Waals surface area (Å²) in [5.74, 6) is 0.570. The topological polar surface area (TPSA) is 87.7 Å². The minimum Gasteiger partial charge on any atom is -0.481 e. The molecule has 0 radical (unpaired) electrons. The third kappa shape index (κ3) is 3.58. The molecule has 1 atom stereocenters. The Morgan fingerprint density at radius 3 is 2.92 bits per heavy atom. The molecule has 3 rings (SSSR count). The van der Waals surface area contributed by atoms with E-state index in [1.54, 1.807) is 35.2 Å². The van der Waals surface area contributed by atoms with Crippen LogP contribution in [0.4, 0.5) is 17.3 Å². The van der Waals surface area contributed by atoms with Gasteiger partial charge in [0.05, 0.1) is 25.0 Å². The van der Waals surface area contributed by atoms with Gasteiger partial charge in [-0.3, -0.25) is 9.59 Å². The van der Waals surface area contributed by atoms with Crippen LogP contribution in [0.2, 0.25) is 0 Å². The molecule has 0 spiro atoms. The molecule has 1 N–H and O–H groups in total. The number of hydrogen-bond acceptors (Lipinski definition) is 6. The molecule has 0 bridgehead atoms. The van der Waals surface area contributed by atoms with Gasteiger partial charge in [0, 0.05) is 31.8 Å². The fraction of sp³-hybridized carbons (Fsp3) is 0.333. The molecule has 1 aromatic heterocycles. The van der Waals surface area contributed by atoms with Crippen LogP contribution in [0, 0.1) is 0 Å². The fourth-order valence-corrected chi connectivity index (χ4v) is 2.95. The smallest absolute Gasteiger partial charge is 0.246 e. The first kappa shape index (κ1) is 17.7. The lowest BCUT2D eigenvalue weighted by Gasteiger charge is -2.29. The number of aromatic nitrogens is 2. The Hall–Kier alpha value is -3.16. The van der Waals surface area contributed by atoms with Crippen molar-refractivity contribution in [2.24, 2.45) is 0 Å². The molecular weight excluding hydrogens is 334 g/mol. The number of carbonyl (C=O) groups is 2. The van der Waals surface area contributed by atoms with Gasteiger partial charge in [0.25, 0.3) is 0 Å². The highest BCUT2D eigenvalue weighted by Crippen LogP contribution is 2.31. The SMILES string of the molecule is COc1ccnc(N(C)CC(=O)N2c3ccccc3NC(=O)C[C@H]2C)n1. The Kier molecular flexibility index (Phi) is 5.01. The van der Waals surface area contributed by atoms with E-state index in [9.17, 15) is 9.59 Å². The van der Waals surface area contributed by atoms with E-state index >= 15 is 0 Å². The zero-order chi connectivity index (χ0) is 18.7. The van der Waals surface area contributed by atoms with Gasteiger partial charge in [0.15, 0.2) is 0 Å². The average molecular weight is 355 g/mol. The van der Waals surface area contributed by atoms with Gasteiger partial charge in [-0.05, 0) is 19.1 Å². The van der Waals surface area contributed by atoms with Gasteiger partial charge in [0.2, 0.25) is 23.6 Å². The molecule has 1 aliphatic heterocycles. The summed E-state index contributed by atoms with van der Waals surface area (Å²) in [6.45, 7) is 1.93. The lowest BCUT2D eigenvalue weighted by molar-refractivity contribution is -0.118. The van der Waals surface area contributed by atoms with Gasteiger partial charge in [-0.25, -0.2) is 4.98 Å². The van der Waals surface area contributed by atoms with E-state index in [2.05, 4.69) is 15.3 Å². The maximum absolute atomic E-state index is 13.0. The first-order valence-electron chi connectivity index (χ1n) is 8.28. The number of likely N-dealkylation sites (N-methyl/N-ethyl adjacent to an activating group) is 1. The molecule has 2 amide bonds. The molecule has 8 nitrogen and oxygen atoms in total. The minimum absolute atomic E-state index is 0.0695. The summed E-state index contributed by atoms with van der Waals surface area (Å²) in [6, 6.07) is 8.68. The molecule has 0 fully saturated rings. The van der Waals surface area contributed by atoms with Gasteiger partial charge in [0.1, 0.15) is 0 Å². The van der Waals surface area contributed by atoms with Crippen LogP contribution >= 0.6 is 0 Å². The van der Waals surface area contributed by atoms with Crippen LogP contribution in [0.25, 0.3) is 0 Å². The highest BCUT2D eigenvalue weighted by atomic mass is 16.5. The van der Waals surface area contributed by atoms with Crippen molar-refractivity contribution in [3.8, 4) is 5.88 Å². The quantitative estimate of drug-likeness (QED) is 0.898. The molecular formula is C18H21N5O3. The average Bonchev–Trinajstić information content (AvgIpc) is 2.75. The van der Waals surface area contributed by atoms with Crippen molar-refractivity contribution >= 4 is 29.1 Å². The standard InChI is InChI=1S/C18H21N5O3/c1-12-10-15(24)20-13-6-4-5-7-14(13)23(12)17(25)11-22(2)18-19-9-8-16(21-18)26-3/h4-9,12H,10-11H2,1-3H3,(H,20,24)/t12-/m1/s1. The number of amides is 2. The third-order valence-electron chi connectivity index (χ3n) is 4.17. The Bertz CT molecular complexity index is 826. The van der Waals surface area contributed by atoms with E-state index in [1.807, 2.05) is 25.1 Å². The number of rotatable bonds is 4. The number of anilines is 3. The van der Waals surface area contributed by atoms with Crippen LogP contribution in [0.1, 0.15) is 13.3 Å². The lowest BCUT2D eigenvalue weighted by Crippen LogP contribution is -2.44. The molecule has 136 valence electrons. The summed E-state index contributed by atoms with van der Waals surface area (Å²) < 4.78 is 5.10. The Morgan fingerprint density at radius 1 is 1.38 bits per heavy atom. The predicted octanol–water partition coefficient (Wildman–Crippen LogP) is 1.69. The Morgan fingerprint density at radius 2 is 2.15 bits per heavy atom. The largest absolute Gasteiger partial charge is 0.481 e. The van der Waals surface area contributed by atoms with E-state index < -0.39 is 0 Å². The van der Waals surface area contributed by atoms with Crippen LogP contribution in [0.3, 0.4) is 0 Å². The molecule has 0 aliphatic carbocycles. The highest BCUT2D eigenvalue weighted by Gasteiger charge is 2.30. The number of para-hydroxylation sites is 2. The maximum atomic E-state index is 13.0. The summed E-state index contributed by atoms with van der Waals surface area (Å²) in [5, 5.41) is 2.85. The van der Waals surface area contributed by atoms with Gasteiger partial charge in [-0.2, -0.15) is 4.98 Å². The molecule has 2 aromatic rings. The summed E-state index contributed by atoms with van der Waals surface area (Å²) in [7, 11) is 3.27. The first-order chi connectivity index (χ1) is 12.5. The van der Waals surface area contributed by atoms with Crippen molar-refractivity contribution in [3.05, 3.63) is 36.5 Å². The lowest BCUT2D eigenvalue weighted by atomic mass is 10.1. The molecule has 8 heteroatoms. The number of nitrogens with one attached hydrogen (secondary N) is 1. The minimum atomic E-state index is -0.259. The third-order valence-corrected chi connectivity index (χ3v) is 4.17. The number of ether oxygens (including phenoxy) is 1. The van der Waals surface area contributed by atoms with E-state index in [1.165, 1.54) is 7.11 Å². The molecule has 26 heavy (non-hydrogen) atoms. The zero-order valence-corrected chi connectivity index (χ0v) is 15.0. The number of fused-ring (bicyclic) bond motifs is 1. The Labute approximate surface area is 151 Å². The van der Waals surface area contributed by atoms with Crippen LogP contribution in [-0.2, 0) is 9.59 Å². The molecule has 1 aromatic carbocycles. The normalized spacial score (nSPS) is 16.3. The van der Waals surface area contributed by atoms with E-state index in [0.29, 0.717) is 23.2 Å². The summed E-state index contributed by atoms with van der Waals surface area (Å²) >= 11 is 0. The summed E-state index contributed by atoms with van der Waals surface area (Å²) in [5.41, 5.74) is 1.33. The molecule has 1 aliphatic rings. The van der Waals surface area contributed by atoms with E-state index in [4.69, 9.17) is 4.74 Å². The predicted molar refractivity (Wildman–Crippen MR) is 98.5 cm³/mol. The Balaban J connectivity index is 1.85. The number of benzene rings is 1. The van der Waals surface area contributed by atoms with Crippen molar-refractivity contribution < 1.29 is 14.3 Å². The number of nitrogens with zero attached hydrogens (tertiary/aromatic N) is 4. The monoisotopic (exact) mass is 355 g/mol. The molecule has 0 saturated carbocycles. The van der Waals surface area contributed by atoms with Crippen molar-refractivity contribution in [2.75, 3.05) is 35.8 Å². The zero-order valence-electron chi connectivity index (χ0n) is 15.0. The number of carbonyl (C=O) groups excluding carboxylic acids is 2. The van der Waals surface area contributed by atoms with Gasteiger partial charge in [-0.15, -0.1) is 0 Å². The van der Waals surface area contributed by atoms with Crippen molar-refractivity contribution in [2.45, 2.75) is 19.4 Å². The second-order valence-electron chi connectivity index (χ2n) is 6.14. The number of methoxy groups -OCH3 is 1. The van der Waals surface area contributed by atoms with Crippen molar-refractivity contribution in [3.63, 3.8) is 0 Å². The first-order valence-corrected chi connectivity index (χ1v) is 8.28. The fourth-order valence-electron chi connectivity index (χ4n) is 2.95. The van der Waals surface area contributed by atoms with E-state index in [0.717, 1.165) is 0 Å². The molecule has 2 heterocycles. The second-order valence-corrected chi connectivity index (χ2v) is 6.14. The molecule has 0 saturated heterocycles. The van der Waals surface area contributed by atoms with Crippen LogP contribution < -0.4 is 19.9 Å². The highest BCUT2D eigenvalue weighted by molar-refractivity contribution is 6.05. The van der Waals surface area contributed by atoms with Gasteiger partial charge in [-0.1, -0.05) is 12.1 Å². The van der Waals surface area contributed by atoms with Crippen LogP contribution in [-0.4, -0.2) is 48.5 Å². The van der Waals surface area contributed by atoms with Crippen LogP contribution in [0.15, 0.2) is 36.5 Å². The summed E-state index contributed by atoms with van der Waals surface area (Å²) in [6.07, 6.45) is 1.81. The van der Waals surface area contributed by atoms with Gasteiger partial charge < -0.3 is 19.9 Å². The van der Waals surface area contributed by atoms with Crippen LogP contribution in [0.5, 0.6) is 5.88 Å². The van der Waals surface area contributed by atoms with E-state index in [-0.39, 0.29) is 30.8 Å². The number of hydrogen-bond donors (Lipinski definition) is 1. The van der Waals surface area contributed by atoms with Gasteiger partial charge >= 0.3 is 0 Å². The second kappa shape index (κ2) is 7.38. The molecule has 0 unspecified atom stereocenters. The van der Waals surface area contributed by atoms with Crippen molar-refractivity contribution in [1.29, 1.82) is 0 Å².